The predicted octanol–water partition coefficient (Wildman–Crippen LogP) is 0.150. The van der Waals surface area contributed by atoms with Gasteiger partial charge in [-0.25, -0.2) is 14.8 Å². The van der Waals surface area contributed by atoms with E-state index in [1.54, 1.807) is 34.5 Å². The normalized spacial score (nSPS) is 17.2. The SMILES string of the molecule is Cn1cc(N2C=CN3C(=C2)N=CN3C(N)=O)cn1. The molecule has 8 nitrogen and oxygen atoms in total. The highest BCUT2D eigenvalue weighted by Crippen LogP contribution is 2.24. The topological polar surface area (TPSA) is 83.0 Å². The number of amides is 2. The van der Waals surface area contributed by atoms with E-state index in [0.29, 0.717) is 5.82 Å². The van der Waals surface area contributed by atoms with Gasteiger partial charge in [0.05, 0.1) is 18.1 Å². The fourth-order valence-electron chi connectivity index (χ4n) is 1.75. The molecule has 0 aliphatic carbocycles. The van der Waals surface area contributed by atoms with Crippen LogP contribution in [0.25, 0.3) is 0 Å². The number of hydrogen-bond donors (Lipinski definition) is 1. The zero-order chi connectivity index (χ0) is 12.7. The second kappa shape index (κ2) is 3.62. The summed E-state index contributed by atoms with van der Waals surface area (Å²) in [5, 5.41) is 6.89. The number of aliphatic imine (C=N–C) groups is 1. The Kier molecular flexibility index (Phi) is 2.09. The van der Waals surface area contributed by atoms with Crippen LogP contribution < -0.4 is 10.6 Å². The van der Waals surface area contributed by atoms with Crippen LogP contribution in [-0.2, 0) is 7.05 Å². The van der Waals surface area contributed by atoms with Crippen molar-refractivity contribution in [3.05, 3.63) is 36.8 Å². The summed E-state index contributed by atoms with van der Waals surface area (Å²) in [6.45, 7) is 0. The van der Waals surface area contributed by atoms with Crippen LogP contribution >= 0.6 is 0 Å². The number of fused-ring (bicyclic) bond motifs is 1. The van der Waals surface area contributed by atoms with Gasteiger partial charge < -0.3 is 10.6 Å². The molecule has 92 valence electrons. The minimum absolute atomic E-state index is 0.582. The molecule has 0 unspecified atom stereocenters. The molecule has 2 aliphatic rings. The van der Waals surface area contributed by atoms with Crippen molar-refractivity contribution < 1.29 is 4.79 Å². The molecule has 3 rings (SSSR count). The van der Waals surface area contributed by atoms with Gasteiger partial charge in [-0.15, -0.1) is 0 Å². The number of aromatic nitrogens is 2. The van der Waals surface area contributed by atoms with Gasteiger partial charge in [0.15, 0.2) is 5.82 Å². The van der Waals surface area contributed by atoms with Crippen molar-refractivity contribution >= 4 is 18.1 Å². The van der Waals surface area contributed by atoms with Gasteiger partial charge in [0, 0.05) is 25.6 Å². The van der Waals surface area contributed by atoms with Crippen LogP contribution in [0.2, 0.25) is 0 Å². The first-order valence-electron chi connectivity index (χ1n) is 5.24. The average Bonchev–Trinajstić information content (AvgIpc) is 2.93. The molecule has 8 heteroatoms. The smallest absolute Gasteiger partial charge is 0.339 e. The van der Waals surface area contributed by atoms with Gasteiger partial charge >= 0.3 is 6.03 Å². The Bertz CT molecular complexity index is 585. The molecule has 0 aromatic carbocycles. The number of rotatable bonds is 1. The largest absolute Gasteiger partial charge is 0.350 e. The Labute approximate surface area is 103 Å². The highest BCUT2D eigenvalue weighted by molar-refractivity contribution is 5.86. The lowest BCUT2D eigenvalue weighted by Gasteiger charge is -2.28. The lowest BCUT2D eigenvalue weighted by atomic mass is 10.4. The summed E-state index contributed by atoms with van der Waals surface area (Å²) in [4.78, 5) is 17.1. The Morgan fingerprint density at radius 1 is 1.39 bits per heavy atom. The number of carbonyl (C=O) groups is 1. The summed E-state index contributed by atoms with van der Waals surface area (Å²) in [7, 11) is 1.85. The number of urea groups is 1. The first kappa shape index (κ1) is 10.4. The summed E-state index contributed by atoms with van der Waals surface area (Å²) in [5.41, 5.74) is 6.13. The molecule has 3 heterocycles. The molecule has 1 aromatic rings. The van der Waals surface area contributed by atoms with Gasteiger partial charge in [-0.3, -0.25) is 4.68 Å². The van der Waals surface area contributed by atoms with E-state index in [0.717, 1.165) is 5.69 Å². The van der Waals surface area contributed by atoms with Crippen molar-refractivity contribution in [1.82, 2.24) is 19.8 Å². The van der Waals surface area contributed by atoms with Crippen LogP contribution in [0.4, 0.5) is 10.5 Å². The molecule has 0 radical (unpaired) electrons. The van der Waals surface area contributed by atoms with Gasteiger partial charge in [-0.05, 0) is 0 Å². The molecule has 0 bridgehead atoms. The van der Waals surface area contributed by atoms with Gasteiger partial charge in [-0.1, -0.05) is 0 Å². The summed E-state index contributed by atoms with van der Waals surface area (Å²) < 4.78 is 1.71. The Morgan fingerprint density at radius 3 is 2.89 bits per heavy atom. The molecule has 0 spiro atoms. The number of carbonyl (C=O) groups excluding carboxylic acids is 1. The number of nitrogens with zero attached hydrogens (tertiary/aromatic N) is 6. The second-order valence-electron chi connectivity index (χ2n) is 3.84. The van der Waals surface area contributed by atoms with Crippen molar-refractivity contribution in [3.63, 3.8) is 0 Å². The van der Waals surface area contributed by atoms with Crippen molar-refractivity contribution in [3.8, 4) is 0 Å². The molecule has 0 saturated carbocycles. The third-order valence-electron chi connectivity index (χ3n) is 2.60. The van der Waals surface area contributed by atoms with E-state index in [-0.39, 0.29) is 0 Å². The summed E-state index contributed by atoms with van der Waals surface area (Å²) in [5.74, 6) is 0.611. The summed E-state index contributed by atoms with van der Waals surface area (Å²) >= 11 is 0. The van der Waals surface area contributed by atoms with E-state index in [1.807, 2.05) is 18.1 Å². The predicted molar refractivity (Wildman–Crippen MR) is 64.7 cm³/mol. The fraction of sp³-hybridized carbons (Fsp3) is 0.100. The van der Waals surface area contributed by atoms with E-state index >= 15 is 0 Å². The second-order valence-corrected chi connectivity index (χ2v) is 3.84. The van der Waals surface area contributed by atoms with Crippen LogP contribution in [0.15, 0.2) is 41.8 Å². The maximum atomic E-state index is 11.1. The Balaban J connectivity index is 1.88. The molecule has 2 amide bonds. The van der Waals surface area contributed by atoms with Crippen LogP contribution in [-0.4, -0.2) is 32.2 Å². The van der Waals surface area contributed by atoms with Gasteiger partial charge in [0.1, 0.15) is 6.34 Å². The maximum Gasteiger partial charge on any atom is 0.339 e. The molecular weight excluding hydrogens is 234 g/mol. The summed E-state index contributed by atoms with van der Waals surface area (Å²) in [6, 6.07) is -0.582. The van der Waals surface area contributed by atoms with Crippen molar-refractivity contribution in [2.45, 2.75) is 0 Å². The van der Waals surface area contributed by atoms with Crippen LogP contribution in [0.1, 0.15) is 0 Å². The third-order valence-corrected chi connectivity index (χ3v) is 2.60. The lowest BCUT2D eigenvalue weighted by molar-refractivity contribution is 0.170. The molecule has 0 fully saturated rings. The zero-order valence-electron chi connectivity index (χ0n) is 9.63. The average molecular weight is 245 g/mol. The summed E-state index contributed by atoms with van der Waals surface area (Å²) in [6.07, 6.45) is 10.3. The van der Waals surface area contributed by atoms with E-state index in [4.69, 9.17) is 5.73 Å². The molecule has 0 saturated heterocycles. The molecule has 2 N–H and O–H groups in total. The van der Waals surface area contributed by atoms with E-state index in [9.17, 15) is 4.79 Å². The van der Waals surface area contributed by atoms with E-state index < -0.39 is 6.03 Å². The number of hydrazine groups is 1. The number of hydrogen-bond acceptors (Lipinski definition) is 5. The number of nitrogens with two attached hydrogens (primary N) is 1. The molecule has 2 aliphatic heterocycles. The number of anilines is 1. The molecule has 18 heavy (non-hydrogen) atoms. The minimum atomic E-state index is -0.582. The quantitative estimate of drug-likeness (QED) is 0.763. The van der Waals surface area contributed by atoms with Crippen LogP contribution in [0, 0.1) is 0 Å². The van der Waals surface area contributed by atoms with Crippen molar-refractivity contribution in [2.24, 2.45) is 17.8 Å². The zero-order valence-corrected chi connectivity index (χ0v) is 9.63. The Morgan fingerprint density at radius 2 is 2.22 bits per heavy atom. The van der Waals surface area contributed by atoms with Crippen molar-refractivity contribution in [2.75, 3.05) is 4.90 Å². The van der Waals surface area contributed by atoms with Gasteiger partial charge in [-0.2, -0.15) is 10.1 Å². The highest BCUT2D eigenvalue weighted by Gasteiger charge is 2.26. The van der Waals surface area contributed by atoms with Gasteiger partial charge in [0.2, 0.25) is 0 Å². The first-order valence-corrected chi connectivity index (χ1v) is 5.24. The molecule has 1 aromatic heterocycles. The van der Waals surface area contributed by atoms with Crippen LogP contribution in [0.3, 0.4) is 0 Å². The highest BCUT2D eigenvalue weighted by atomic mass is 16.2. The standard InChI is InChI=1S/C10H11N7O/c1-14-5-8(4-13-14)15-2-3-16-9(6-15)12-7-17(16)10(11)18/h2-7H,1H3,(H2,11,18). The third kappa shape index (κ3) is 1.51. The first-order chi connectivity index (χ1) is 8.65. The van der Waals surface area contributed by atoms with Gasteiger partial charge in [0.25, 0.3) is 0 Å². The maximum absolute atomic E-state index is 11.1. The fourth-order valence-corrected chi connectivity index (χ4v) is 1.75. The monoisotopic (exact) mass is 245 g/mol. The van der Waals surface area contributed by atoms with E-state index in [2.05, 4.69) is 10.1 Å². The number of primary amides is 1. The Hall–Kier alpha value is -2.77. The van der Waals surface area contributed by atoms with E-state index in [1.165, 1.54) is 11.3 Å². The lowest BCUT2D eigenvalue weighted by Crippen LogP contribution is -2.42. The van der Waals surface area contributed by atoms with Crippen LogP contribution in [0.5, 0.6) is 0 Å². The number of aryl methyl sites for hydroxylation is 1. The minimum Gasteiger partial charge on any atom is -0.350 e. The molecule has 0 atom stereocenters. The molecular formula is C10H11N7O. The van der Waals surface area contributed by atoms with Crippen molar-refractivity contribution in [1.29, 1.82) is 0 Å².